The van der Waals surface area contributed by atoms with E-state index in [0.717, 1.165) is 29.4 Å². The molecule has 0 amide bonds. The van der Waals surface area contributed by atoms with E-state index in [9.17, 15) is 0 Å². The average molecular weight is 502 g/mol. The van der Waals surface area contributed by atoms with Crippen molar-refractivity contribution in [2.75, 3.05) is 20.8 Å². The number of hydrogen-bond donors (Lipinski definition) is 2. The fourth-order valence-electron chi connectivity index (χ4n) is 2.39. The number of aliphatic imine (C=N–C) groups is 1. The molecule has 2 aromatic rings. The van der Waals surface area contributed by atoms with E-state index in [0.29, 0.717) is 24.9 Å². The summed E-state index contributed by atoms with van der Waals surface area (Å²) in [4.78, 5) is 8.96. The average Bonchev–Trinajstić information content (AvgIpc) is 3.13. The summed E-state index contributed by atoms with van der Waals surface area (Å²) < 4.78 is 16.5. The van der Waals surface area contributed by atoms with Gasteiger partial charge < -0.3 is 24.5 Å². The van der Waals surface area contributed by atoms with Crippen LogP contribution in [0.4, 0.5) is 0 Å². The Balaban J connectivity index is 0.00000392. The normalized spacial score (nSPS) is 11.6. The molecule has 0 atom stereocenters. The van der Waals surface area contributed by atoms with Gasteiger partial charge in [-0.1, -0.05) is 20.8 Å². The summed E-state index contributed by atoms with van der Waals surface area (Å²) in [5, 5.41) is 6.47. The maximum absolute atomic E-state index is 5.81. The molecule has 7 nitrogen and oxygen atoms in total. The van der Waals surface area contributed by atoms with E-state index in [1.807, 2.05) is 25.1 Å². The first-order chi connectivity index (χ1) is 12.9. The second-order valence-corrected chi connectivity index (χ2v) is 7.09. The zero-order valence-electron chi connectivity index (χ0n) is 17.5. The lowest BCUT2D eigenvalue weighted by Crippen LogP contribution is -2.36. The third-order valence-electron chi connectivity index (χ3n) is 3.95. The molecule has 0 saturated heterocycles. The van der Waals surface area contributed by atoms with Gasteiger partial charge >= 0.3 is 0 Å². The van der Waals surface area contributed by atoms with Crippen LogP contribution >= 0.6 is 24.0 Å². The van der Waals surface area contributed by atoms with Crippen molar-refractivity contribution < 1.29 is 13.9 Å². The second-order valence-electron chi connectivity index (χ2n) is 7.09. The van der Waals surface area contributed by atoms with Gasteiger partial charge in [0.05, 0.1) is 33.5 Å². The monoisotopic (exact) mass is 502 g/mol. The standard InChI is InChI=1S/C20H30N4O3.HI/c1-7-21-19(24-13-18-22-12-17(27-18)20(2,3)4)23-11-14-8-9-15(25-5)10-16(14)26-6;/h8-10,12H,7,11,13H2,1-6H3,(H2,21,23,24);1H. The van der Waals surface area contributed by atoms with Crippen LogP contribution in [0.3, 0.4) is 0 Å². The molecule has 0 saturated carbocycles. The summed E-state index contributed by atoms with van der Waals surface area (Å²) in [6, 6.07) is 5.70. The van der Waals surface area contributed by atoms with E-state index in [2.05, 4.69) is 41.4 Å². The predicted octanol–water partition coefficient (Wildman–Crippen LogP) is 3.86. The molecule has 0 spiro atoms. The van der Waals surface area contributed by atoms with Crippen LogP contribution in [0.15, 0.2) is 33.8 Å². The first kappa shape index (κ1) is 24.1. The number of rotatable bonds is 7. The minimum absolute atomic E-state index is 0. The molecular weight excluding hydrogens is 471 g/mol. The molecule has 1 heterocycles. The fourth-order valence-corrected chi connectivity index (χ4v) is 2.39. The molecule has 0 radical (unpaired) electrons. The summed E-state index contributed by atoms with van der Waals surface area (Å²) in [6.45, 7) is 10.00. The van der Waals surface area contributed by atoms with E-state index in [1.54, 1.807) is 20.4 Å². The number of halogens is 1. The molecule has 2 rings (SSSR count). The van der Waals surface area contributed by atoms with Gasteiger partial charge in [0.15, 0.2) is 5.96 Å². The number of ether oxygens (including phenoxy) is 2. The van der Waals surface area contributed by atoms with Gasteiger partial charge in [-0.3, -0.25) is 0 Å². The Bertz CT molecular complexity index is 769. The molecular formula is C20H31IN4O3. The molecule has 0 aliphatic carbocycles. The highest BCUT2D eigenvalue weighted by molar-refractivity contribution is 14.0. The van der Waals surface area contributed by atoms with Crippen molar-refractivity contribution in [2.24, 2.45) is 4.99 Å². The quantitative estimate of drug-likeness (QED) is 0.340. The van der Waals surface area contributed by atoms with Gasteiger partial charge in [-0.15, -0.1) is 24.0 Å². The molecule has 0 fully saturated rings. The van der Waals surface area contributed by atoms with Crippen molar-refractivity contribution in [3.05, 3.63) is 41.6 Å². The number of benzene rings is 1. The first-order valence-corrected chi connectivity index (χ1v) is 9.05. The lowest BCUT2D eigenvalue weighted by atomic mass is 9.94. The Morgan fingerprint density at radius 3 is 2.50 bits per heavy atom. The van der Waals surface area contributed by atoms with Gasteiger partial charge in [0, 0.05) is 23.6 Å². The second kappa shape index (κ2) is 11.1. The minimum atomic E-state index is -0.0608. The van der Waals surface area contributed by atoms with Crippen LogP contribution in [0.5, 0.6) is 11.5 Å². The zero-order chi connectivity index (χ0) is 19.9. The molecule has 28 heavy (non-hydrogen) atoms. The number of oxazole rings is 1. The Kier molecular flexibility index (Phi) is 9.57. The summed E-state index contributed by atoms with van der Waals surface area (Å²) in [7, 11) is 3.27. The predicted molar refractivity (Wildman–Crippen MR) is 122 cm³/mol. The summed E-state index contributed by atoms with van der Waals surface area (Å²) in [5.74, 6) is 3.68. The first-order valence-electron chi connectivity index (χ1n) is 9.05. The topological polar surface area (TPSA) is 80.9 Å². The van der Waals surface area contributed by atoms with Crippen molar-refractivity contribution in [1.29, 1.82) is 0 Å². The van der Waals surface area contributed by atoms with E-state index in [-0.39, 0.29) is 29.4 Å². The molecule has 156 valence electrons. The fraction of sp³-hybridized carbons (Fsp3) is 0.500. The van der Waals surface area contributed by atoms with Crippen molar-refractivity contribution >= 4 is 29.9 Å². The maximum Gasteiger partial charge on any atom is 0.213 e. The SMILES string of the molecule is CCNC(=NCc1ccc(OC)cc1OC)NCc1ncc(C(C)(C)C)o1.I. The van der Waals surface area contributed by atoms with Crippen LogP contribution in [0.2, 0.25) is 0 Å². The summed E-state index contributed by atoms with van der Waals surface area (Å²) in [6.07, 6.45) is 1.78. The number of nitrogens with one attached hydrogen (secondary N) is 2. The van der Waals surface area contributed by atoms with Crippen molar-refractivity contribution in [2.45, 2.75) is 46.2 Å². The van der Waals surface area contributed by atoms with Gasteiger partial charge in [0.25, 0.3) is 0 Å². The van der Waals surface area contributed by atoms with Gasteiger partial charge in [-0.25, -0.2) is 9.98 Å². The summed E-state index contributed by atoms with van der Waals surface area (Å²) >= 11 is 0. The number of guanidine groups is 1. The van der Waals surface area contributed by atoms with Crippen LogP contribution in [0.1, 0.15) is 44.9 Å². The Morgan fingerprint density at radius 1 is 1.18 bits per heavy atom. The third-order valence-corrected chi connectivity index (χ3v) is 3.95. The van der Waals surface area contributed by atoms with Crippen molar-refractivity contribution in [3.8, 4) is 11.5 Å². The van der Waals surface area contributed by atoms with Crippen molar-refractivity contribution in [1.82, 2.24) is 15.6 Å². The van der Waals surface area contributed by atoms with Crippen molar-refractivity contribution in [3.63, 3.8) is 0 Å². The highest BCUT2D eigenvalue weighted by Crippen LogP contribution is 2.25. The van der Waals surface area contributed by atoms with E-state index >= 15 is 0 Å². The summed E-state index contributed by atoms with van der Waals surface area (Å²) in [5.41, 5.74) is 0.913. The van der Waals surface area contributed by atoms with Crippen LogP contribution < -0.4 is 20.1 Å². The lowest BCUT2D eigenvalue weighted by Gasteiger charge is -2.13. The molecule has 2 N–H and O–H groups in total. The molecule has 0 bridgehead atoms. The number of nitrogens with zero attached hydrogens (tertiary/aromatic N) is 2. The largest absolute Gasteiger partial charge is 0.497 e. The number of hydrogen-bond acceptors (Lipinski definition) is 5. The van der Waals surface area contributed by atoms with Gasteiger partial charge in [-0.05, 0) is 19.1 Å². The van der Waals surface area contributed by atoms with E-state index in [4.69, 9.17) is 13.9 Å². The van der Waals surface area contributed by atoms with Gasteiger partial charge in [0.1, 0.15) is 17.3 Å². The molecule has 1 aromatic carbocycles. The molecule has 1 aromatic heterocycles. The molecule has 0 aliphatic rings. The molecule has 0 unspecified atom stereocenters. The zero-order valence-corrected chi connectivity index (χ0v) is 19.8. The van der Waals surface area contributed by atoms with E-state index < -0.39 is 0 Å². The number of methoxy groups -OCH3 is 2. The Labute approximate surface area is 184 Å². The lowest BCUT2D eigenvalue weighted by molar-refractivity contribution is 0.379. The minimum Gasteiger partial charge on any atom is -0.497 e. The van der Waals surface area contributed by atoms with Crippen LogP contribution in [0, 0.1) is 0 Å². The van der Waals surface area contributed by atoms with Crippen LogP contribution in [0.25, 0.3) is 0 Å². The van der Waals surface area contributed by atoms with Gasteiger partial charge in [-0.2, -0.15) is 0 Å². The Hall–Kier alpha value is -1.97. The highest BCUT2D eigenvalue weighted by Gasteiger charge is 2.19. The smallest absolute Gasteiger partial charge is 0.213 e. The van der Waals surface area contributed by atoms with E-state index in [1.165, 1.54) is 0 Å². The Morgan fingerprint density at radius 2 is 1.93 bits per heavy atom. The van der Waals surface area contributed by atoms with Crippen LogP contribution in [-0.4, -0.2) is 31.7 Å². The maximum atomic E-state index is 5.81. The highest BCUT2D eigenvalue weighted by atomic mass is 127. The molecule has 8 heteroatoms. The number of aromatic nitrogens is 1. The van der Waals surface area contributed by atoms with Gasteiger partial charge in [0.2, 0.25) is 5.89 Å². The van der Waals surface area contributed by atoms with Crippen LogP contribution in [-0.2, 0) is 18.5 Å². The third kappa shape index (κ3) is 6.88. The molecule has 0 aliphatic heterocycles.